The first kappa shape index (κ1) is 22.0. The maximum atomic E-state index is 12.5. The number of carbonyl (C=O) groups is 2. The average molecular weight is 417 g/mol. The largest absolute Gasteiger partial charge is 0.504 e. The third-order valence-electron chi connectivity index (χ3n) is 5.87. The van der Waals surface area contributed by atoms with E-state index in [9.17, 15) is 14.7 Å². The molecular formula is C23H32N2O5. The normalized spacial score (nSPS) is 22.3. The summed E-state index contributed by atoms with van der Waals surface area (Å²) in [6.07, 6.45) is 4.36. The molecule has 1 unspecified atom stereocenters. The van der Waals surface area contributed by atoms with Crippen LogP contribution in [0.15, 0.2) is 29.8 Å². The van der Waals surface area contributed by atoms with Crippen molar-refractivity contribution in [2.24, 2.45) is 11.3 Å². The second kappa shape index (κ2) is 8.98. The molecule has 1 aromatic carbocycles. The van der Waals surface area contributed by atoms with Crippen molar-refractivity contribution in [1.29, 1.82) is 0 Å². The number of phenols is 1. The Bertz CT molecular complexity index is 827. The lowest BCUT2D eigenvalue weighted by atomic mass is 9.73. The molecule has 1 aliphatic heterocycles. The van der Waals surface area contributed by atoms with Gasteiger partial charge >= 0.3 is 6.09 Å². The van der Waals surface area contributed by atoms with Gasteiger partial charge in [-0.1, -0.05) is 31.6 Å². The molecule has 0 spiro atoms. The molecule has 2 aliphatic rings. The van der Waals surface area contributed by atoms with E-state index in [1.54, 1.807) is 17.0 Å². The molecule has 3 rings (SSSR count). The number of allylic oxidation sites excluding steroid dienone is 1. The van der Waals surface area contributed by atoms with E-state index in [0.29, 0.717) is 25.4 Å². The van der Waals surface area contributed by atoms with Crippen molar-refractivity contribution in [3.05, 3.63) is 35.4 Å². The minimum atomic E-state index is -0.333. The Labute approximate surface area is 178 Å². The SMILES string of the molecule is C/C=C1\CC(OC(=O)N2CC(C(=O)NCc3ccc(O)c(OC)c3)C2)CC(C)(C)C1. The third-order valence-corrected chi connectivity index (χ3v) is 5.87. The van der Waals surface area contributed by atoms with Crippen molar-refractivity contribution in [2.75, 3.05) is 20.2 Å². The van der Waals surface area contributed by atoms with Gasteiger partial charge in [0.1, 0.15) is 6.10 Å². The highest BCUT2D eigenvalue weighted by atomic mass is 16.6. The fraction of sp³-hybridized carbons (Fsp3) is 0.565. The van der Waals surface area contributed by atoms with Crippen LogP contribution in [-0.2, 0) is 16.1 Å². The Morgan fingerprint density at radius 1 is 1.33 bits per heavy atom. The molecule has 0 radical (unpaired) electrons. The first-order valence-corrected chi connectivity index (χ1v) is 10.4. The molecule has 0 aromatic heterocycles. The van der Waals surface area contributed by atoms with Gasteiger partial charge in [-0.2, -0.15) is 0 Å². The van der Waals surface area contributed by atoms with Crippen LogP contribution < -0.4 is 10.1 Å². The van der Waals surface area contributed by atoms with Gasteiger partial charge in [0.25, 0.3) is 0 Å². The van der Waals surface area contributed by atoms with E-state index < -0.39 is 0 Å². The molecule has 1 aliphatic carbocycles. The molecule has 0 bridgehead atoms. The van der Waals surface area contributed by atoms with Crippen molar-refractivity contribution in [1.82, 2.24) is 10.2 Å². The Balaban J connectivity index is 1.44. The second-order valence-electron chi connectivity index (χ2n) is 9.03. The summed E-state index contributed by atoms with van der Waals surface area (Å²) in [5, 5.41) is 12.5. The van der Waals surface area contributed by atoms with Crippen LogP contribution in [0.1, 0.15) is 45.6 Å². The summed E-state index contributed by atoms with van der Waals surface area (Å²) in [5.41, 5.74) is 2.28. The highest BCUT2D eigenvalue weighted by Crippen LogP contribution is 2.40. The van der Waals surface area contributed by atoms with E-state index >= 15 is 0 Å². The fourth-order valence-electron chi connectivity index (χ4n) is 4.22. The summed E-state index contributed by atoms with van der Waals surface area (Å²) in [6, 6.07) is 4.95. The summed E-state index contributed by atoms with van der Waals surface area (Å²) in [7, 11) is 1.48. The van der Waals surface area contributed by atoms with Crippen molar-refractivity contribution in [3.8, 4) is 11.5 Å². The van der Waals surface area contributed by atoms with Crippen molar-refractivity contribution in [3.63, 3.8) is 0 Å². The van der Waals surface area contributed by atoms with Crippen molar-refractivity contribution in [2.45, 2.75) is 52.7 Å². The summed E-state index contributed by atoms with van der Waals surface area (Å²) in [4.78, 5) is 26.4. The van der Waals surface area contributed by atoms with Crippen molar-refractivity contribution >= 4 is 12.0 Å². The lowest BCUT2D eigenvalue weighted by molar-refractivity contribution is -0.129. The van der Waals surface area contributed by atoms with E-state index in [4.69, 9.17) is 9.47 Å². The molecule has 164 valence electrons. The molecule has 2 N–H and O–H groups in total. The van der Waals surface area contributed by atoms with Gasteiger partial charge in [0, 0.05) is 26.1 Å². The van der Waals surface area contributed by atoms with Gasteiger partial charge in [-0.25, -0.2) is 4.79 Å². The van der Waals surface area contributed by atoms with Crippen molar-refractivity contribution < 1.29 is 24.2 Å². The van der Waals surface area contributed by atoms with E-state index in [1.165, 1.54) is 18.7 Å². The number of nitrogens with zero attached hydrogens (tertiary/aromatic N) is 1. The van der Waals surface area contributed by atoms with E-state index in [-0.39, 0.29) is 35.2 Å². The highest BCUT2D eigenvalue weighted by Gasteiger charge is 2.39. The quantitative estimate of drug-likeness (QED) is 0.716. The predicted octanol–water partition coefficient (Wildman–Crippen LogP) is 3.61. The number of ether oxygens (including phenoxy) is 2. The highest BCUT2D eigenvalue weighted by molar-refractivity contribution is 5.82. The number of aromatic hydroxyl groups is 1. The maximum absolute atomic E-state index is 12.5. The number of benzene rings is 1. The molecular weight excluding hydrogens is 384 g/mol. The average Bonchev–Trinajstić information content (AvgIpc) is 2.64. The van der Waals surface area contributed by atoms with Crippen LogP contribution in [0.25, 0.3) is 0 Å². The topological polar surface area (TPSA) is 88.1 Å². The molecule has 1 aromatic rings. The van der Waals surface area contributed by atoms with Crippen LogP contribution in [0.3, 0.4) is 0 Å². The zero-order valence-corrected chi connectivity index (χ0v) is 18.2. The molecule has 7 heteroatoms. The van der Waals surface area contributed by atoms with E-state index in [0.717, 1.165) is 24.8 Å². The van der Waals surface area contributed by atoms with Gasteiger partial charge in [-0.05, 0) is 42.9 Å². The number of amides is 2. The molecule has 2 fully saturated rings. The number of methoxy groups -OCH3 is 1. The molecule has 1 saturated heterocycles. The molecule has 1 saturated carbocycles. The zero-order valence-electron chi connectivity index (χ0n) is 18.2. The number of likely N-dealkylation sites (tertiary alicyclic amines) is 1. The molecule has 1 heterocycles. The molecule has 30 heavy (non-hydrogen) atoms. The van der Waals surface area contributed by atoms with Crippen LogP contribution in [0.2, 0.25) is 0 Å². The molecule has 1 atom stereocenters. The summed E-state index contributed by atoms with van der Waals surface area (Å²) >= 11 is 0. The second-order valence-corrected chi connectivity index (χ2v) is 9.03. The van der Waals surface area contributed by atoms with E-state index in [1.807, 2.05) is 6.92 Å². The fourth-order valence-corrected chi connectivity index (χ4v) is 4.22. The zero-order chi connectivity index (χ0) is 21.9. The number of hydrogen-bond donors (Lipinski definition) is 2. The van der Waals surface area contributed by atoms with Crippen LogP contribution in [0.5, 0.6) is 11.5 Å². The summed E-state index contributed by atoms with van der Waals surface area (Å²) in [5.74, 6) is 0.0986. The molecule has 2 amide bonds. The number of hydrogen-bond acceptors (Lipinski definition) is 5. The number of phenolic OH excluding ortho intramolecular Hbond substituents is 1. The summed E-state index contributed by atoms with van der Waals surface area (Å²) < 4.78 is 10.8. The minimum absolute atomic E-state index is 0.0589. The first-order valence-electron chi connectivity index (χ1n) is 10.4. The molecule has 7 nitrogen and oxygen atoms in total. The third kappa shape index (κ3) is 5.26. The van der Waals surface area contributed by atoms with Gasteiger partial charge in [0.15, 0.2) is 11.5 Å². The Hall–Kier alpha value is -2.70. The predicted molar refractivity (Wildman–Crippen MR) is 113 cm³/mol. The maximum Gasteiger partial charge on any atom is 0.410 e. The number of carbonyl (C=O) groups excluding carboxylic acids is 2. The van der Waals surface area contributed by atoms with Crippen LogP contribution >= 0.6 is 0 Å². The standard InChI is InChI=1S/C23H32N2O5/c1-5-15-8-18(11-23(2,3)10-15)30-22(28)25-13-17(14-25)21(27)24-12-16-6-7-19(26)20(9-16)29-4/h5-7,9,17-18,26H,8,10-14H2,1-4H3,(H,24,27)/b15-5+. The Kier molecular flexibility index (Phi) is 6.58. The van der Waals surface area contributed by atoms with Gasteiger partial charge in [0.2, 0.25) is 5.91 Å². The lowest BCUT2D eigenvalue weighted by Crippen LogP contribution is -2.56. The van der Waals surface area contributed by atoms with Gasteiger partial charge < -0.3 is 24.8 Å². The van der Waals surface area contributed by atoms with Crippen LogP contribution in [0, 0.1) is 11.3 Å². The van der Waals surface area contributed by atoms with E-state index in [2.05, 4.69) is 25.2 Å². The smallest absolute Gasteiger partial charge is 0.410 e. The number of rotatable bonds is 5. The Morgan fingerprint density at radius 3 is 2.73 bits per heavy atom. The minimum Gasteiger partial charge on any atom is -0.504 e. The van der Waals surface area contributed by atoms with Gasteiger partial charge in [-0.15, -0.1) is 0 Å². The number of nitrogens with one attached hydrogen (secondary N) is 1. The monoisotopic (exact) mass is 416 g/mol. The van der Waals surface area contributed by atoms with Gasteiger partial charge in [0.05, 0.1) is 13.0 Å². The van der Waals surface area contributed by atoms with Gasteiger partial charge in [-0.3, -0.25) is 4.79 Å². The Morgan fingerprint density at radius 2 is 2.07 bits per heavy atom. The summed E-state index contributed by atoms with van der Waals surface area (Å²) in [6.45, 7) is 7.50. The first-order chi connectivity index (χ1) is 14.2. The van der Waals surface area contributed by atoms with Crippen LogP contribution in [0.4, 0.5) is 4.79 Å². The van der Waals surface area contributed by atoms with Crippen LogP contribution in [-0.4, -0.2) is 48.3 Å². The lowest BCUT2D eigenvalue weighted by Gasteiger charge is -2.40.